The molecule has 146 valence electrons. The molecule has 29 heavy (non-hydrogen) atoms. The Morgan fingerprint density at radius 3 is 2.38 bits per heavy atom. The van der Waals surface area contributed by atoms with E-state index in [9.17, 15) is 5.11 Å². The van der Waals surface area contributed by atoms with Gasteiger partial charge in [0.15, 0.2) is 0 Å². The highest BCUT2D eigenvalue weighted by Crippen LogP contribution is 2.39. The Labute approximate surface area is 187 Å². The average molecular weight is 464 g/mol. The maximum absolute atomic E-state index is 11.0. The van der Waals surface area contributed by atoms with E-state index >= 15 is 0 Å². The van der Waals surface area contributed by atoms with Gasteiger partial charge in [0, 0.05) is 41.4 Å². The number of halogens is 4. The number of fused-ring (bicyclic) bond motifs is 1. The summed E-state index contributed by atoms with van der Waals surface area (Å²) in [6.07, 6.45) is 3.65. The van der Waals surface area contributed by atoms with Gasteiger partial charge < -0.3 is 5.11 Å². The van der Waals surface area contributed by atoms with Crippen molar-refractivity contribution in [3.05, 3.63) is 97.8 Å². The fourth-order valence-electron chi connectivity index (χ4n) is 3.34. The zero-order chi connectivity index (χ0) is 20.5. The summed E-state index contributed by atoms with van der Waals surface area (Å²) in [7, 11) is 0. The topological polar surface area (TPSA) is 46.0 Å². The molecule has 0 aliphatic rings. The van der Waals surface area contributed by atoms with Crippen LogP contribution in [0.1, 0.15) is 22.7 Å². The lowest BCUT2D eigenvalue weighted by Crippen LogP contribution is -2.07. The number of hydrogen-bond donors (Lipinski definition) is 1. The molecule has 2 aromatic carbocycles. The summed E-state index contributed by atoms with van der Waals surface area (Å²) in [5, 5.41) is 13.6. The molecule has 2 heterocycles. The highest BCUT2D eigenvalue weighted by Gasteiger charge is 2.22. The van der Waals surface area contributed by atoms with Gasteiger partial charge in [0.25, 0.3) is 0 Å². The number of nitrogens with zero attached hydrogens (tertiary/aromatic N) is 2. The maximum atomic E-state index is 11.0. The summed E-state index contributed by atoms with van der Waals surface area (Å²) in [4.78, 5) is 8.72. The molecular formula is C22H14Cl4N2O. The molecule has 1 atom stereocenters. The fraction of sp³-hybridized carbons (Fsp3) is 0.0909. The minimum Gasteiger partial charge on any atom is -0.505 e. The largest absolute Gasteiger partial charge is 0.505 e. The van der Waals surface area contributed by atoms with Gasteiger partial charge in [-0.3, -0.25) is 9.97 Å². The molecule has 0 amide bonds. The summed E-state index contributed by atoms with van der Waals surface area (Å²) in [6, 6.07) is 14.7. The highest BCUT2D eigenvalue weighted by atomic mass is 35.5. The van der Waals surface area contributed by atoms with Gasteiger partial charge in [-0.05, 0) is 29.8 Å². The third kappa shape index (κ3) is 4.15. The van der Waals surface area contributed by atoms with Crippen LogP contribution in [0.4, 0.5) is 0 Å². The molecule has 3 nitrogen and oxygen atoms in total. The lowest BCUT2D eigenvalue weighted by atomic mass is 9.86. The number of hydrogen-bond acceptors (Lipinski definition) is 3. The van der Waals surface area contributed by atoms with Crippen molar-refractivity contribution in [2.75, 3.05) is 0 Å². The summed E-state index contributed by atoms with van der Waals surface area (Å²) in [5.41, 5.74) is 2.87. The molecular weight excluding hydrogens is 450 g/mol. The quantitative estimate of drug-likeness (QED) is 0.344. The molecule has 7 heteroatoms. The minimum atomic E-state index is -0.249. The van der Waals surface area contributed by atoms with E-state index in [1.54, 1.807) is 24.4 Å². The van der Waals surface area contributed by atoms with Crippen molar-refractivity contribution in [3.8, 4) is 5.75 Å². The predicted octanol–water partition coefficient (Wildman–Crippen LogP) is 7.32. The fourth-order valence-corrected chi connectivity index (χ4v) is 3.92. The second kappa shape index (κ2) is 8.37. The van der Waals surface area contributed by atoms with Gasteiger partial charge in [0.1, 0.15) is 11.3 Å². The van der Waals surface area contributed by atoms with Crippen molar-refractivity contribution in [3.63, 3.8) is 0 Å². The third-order valence-corrected chi connectivity index (χ3v) is 6.23. The van der Waals surface area contributed by atoms with Crippen LogP contribution < -0.4 is 0 Å². The number of benzene rings is 2. The monoisotopic (exact) mass is 462 g/mol. The Morgan fingerprint density at radius 2 is 1.62 bits per heavy atom. The summed E-state index contributed by atoms with van der Waals surface area (Å²) >= 11 is 24.6. The van der Waals surface area contributed by atoms with Crippen LogP contribution in [0.25, 0.3) is 10.9 Å². The van der Waals surface area contributed by atoms with Gasteiger partial charge in [-0.15, -0.1) is 0 Å². The van der Waals surface area contributed by atoms with E-state index in [1.165, 1.54) is 6.20 Å². The van der Waals surface area contributed by atoms with Crippen molar-refractivity contribution < 1.29 is 5.11 Å². The second-order valence-electron chi connectivity index (χ2n) is 6.60. The van der Waals surface area contributed by atoms with E-state index < -0.39 is 0 Å². The van der Waals surface area contributed by atoms with Crippen LogP contribution in [0.3, 0.4) is 0 Å². The van der Waals surface area contributed by atoms with Crippen LogP contribution in [0, 0.1) is 0 Å². The third-order valence-electron chi connectivity index (χ3n) is 4.78. The molecule has 2 aromatic heterocycles. The molecule has 0 aliphatic heterocycles. The van der Waals surface area contributed by atoms with Crippen molar-refractivity contribution in [2.45, 2.75) is 12.3 Å². The predicted molar refractivity (Wildman–Crippen MR) is 120 cm³/mol. The maximum Gasteiger partial charge on any atom is 0.145 e. The second-order valence-corrected chi connectivity index (χ2v) is 8.23. The minimum absolute atomic E-state index is 0.124. The van der Waals surface area contributed by atoms with E-state index in [2.05, 4.69) is 9.97 Å². The zero-order valence-electron chi connectivity index (χ0n) is 14.9. The van der Waals surface area contributed by atoms with Crippen molar-refractivity contribution >= 4 is 57.3 Å². The van der Waals surface area contributed by atoms with E-state index in [1.807, 2.05) is 30.3 Å². The molecule has 0 saturated carbocycles. The number of aromatic nitrogens is 2. The SMILES string of the molecule is Oc1c(C(Cc2cc(Cl)c(Cl)cn2)c2ccc(Cl)c(Cl)c2)ccc2cccnc12. The van der Waals surface area contributed by atoms with Crippen LogP contribution in [-0.2, 0) is 6.42 Å². The first kappa shape index (κ1) is 20.2. The molecule has 0 saturated heterocycles. The lowest BCUT2D eigenvalue weighted by Gasteiger charge is -2.20. The van der Waals surface area contributed by atoms with Crippen LogP contribution in [0.15, 0.2) is 60.9 Å². The zero-order valence-corrected chi connectivity index (χ0v) is 17.9. The standard InChI is InChI=1S/C22H14Cl4N2O/c23-17-6-4-13(8-18(17)24)16(9-14-10-19(25)20(26)11-28-14)15-5-3-12-2-1-7-27-21(12)22(15)29/h1-8,10-11,16,29H,9H2. The van der Waals surface area contributed by atoms with Crippen molar-refractivity contribution in [1.29, 1.82) is 0 Å². The van der Waals surface area contributed by atoms with Crippen LogP contribution in [0.2, 0.25) is 20.1 Å². The van der Waals surface area contributed by atoms with E-state index in [4.69, 9.17) is 46.4 Å². The normalized spacial score (nSPS) is 12.3. The molecule has 1 unspecified atom stereocenters. The van der Waals surface area contributed by atoms with E-state index in [0.29, 0.717) is 37.6 Å². The van der Waals surface area contributed by atoms with E-state index in [-0.39, 0.29) is 11.7 Å². The number of phenols is 1. The molecule has 0 bridgehead atoms. The smallest absolute Gasteiger partial charge is 0.145 e. The Kier molecular flexibility index (Phi) is 5.84. The van der Waals surface area contributed by atoms with Crippen molar-refractivity contribution in [2.24, 2.45) is 0 Å². The van der Waals surface area contributed by atoms with Crippen LogP contribution in [-0.4, -0.2) is 15.1 Å². The summed E-state index contributed by atoms with van der Waals surface area (Å²) < 4.78 is 0. The molecule has 1 N–H and O–H groups in total. The Balaban J connectivity index is 1.86. The van der Waals surface area contributed by atoms with Crippen LogP contribution >= 0.6 is 46.4 Å². The molecule has 0 fully saturated rings. The van der Waals surface area contributed by atoms with Crippen LogP contribution in [0.5, 0.6) is 5.75 Å². The van der Waals surface area contributed by atoms with Gasteiger partial charge >= 0.3 is 0 Å². The van der Waals surface area contributed by atoms with Crippen molar-refractivity contribution in [1.82, 2.24) is 9.97 Å². The van der Waals surface area contributed by atoms with Gasteiger partial charge in [0.2, 0.25) is 0 Å². The molecule has 4 rings (SSSR count). The van der Waals surface area contributed by atoms with Gasteiger partial charge in [-0.2, -0.15) is 0 Å². The Bertz CT molecular complexity index is 1210. The van der Waals surface area contributed by atoms with Gasteiger partial charge in [-0.25, -0.2) is 0 Å². The first-order valence-corrected chi connectivity index (χ1v) is 10.3. The number of phenolic OH excluding ortho intramolecular Hbond substituents is 1. The summed E-state index contributed by atoms with van der Waals surface area (Å²) in [6.45, 7) is 0. The van der Waals surface area contributed by atoms with E-state index in [0.717, 1.165) is 16.6 Å². The first-order chi connectivity index (χ1) is 13.9. The highest BCUT2D eigenvalue weighted by molar-refractivity contribution is 6.42. The average Bonchev–Trinajstić information content (AvgIpc) is 2.72. The first-order valence-electron chi connectivity index (χ1n) is 8.75. The molecule has 0 spiro atoms. The Hall–Kier alpha value is -2.04. The lowest BCUT2D eigenvalue weighted by molar-refractivity contribution is 0.469. The number of aromatic hydroxyl groups is 1. The molecule has 4 aromatic rings. The molecule has 0 radical (unpaired) electrons. The summed E-state index contributed by atoms with van der Waals surface area (Å²) in [5.74, 6) is -0.125. The molecule has 0 aliphatic carbocycles. The number of pyridine rings is 2. The Morgan fingerprint density at radius 1 is 0.828 bits per heavy atom. The van der Waals surface area contributed by atoms with Gasteiger partial charge in [-0.1, -0.05) is 70.7 Å². The van der Waals surface area contributed by atoms with Gasteiger partial charge in [0.05, 0.1) is 20.1 Å². The number of rotatable bonds is 4.